The van der Waals surface area contributed by atoms with Crippen LogP contribution in [0.15, 0.2) is 65.8 Å². The van der Waals surface area contributed by atoms with E-state index in [4.69, 9.17) is 9.39 Å². The number of rotatable bonds is 9. The number of methoxy groups -OCH3 is 1. The van der Waals surface area contributed by atoms with Crippen LogP contribution < -0.4 is 0 Å². The lowest BCUT2D eigenvalue weighted by atomic mass is 9.78. The number of allylic oxidation sites excluding steroid dienone is 2. The van der Waals surface area contributed by atoms with E-state index in [2.05, 4.69) is 19.6 Å². The molecule has 0 amide bonds. The summed E-state index contributed by atoms with van der Waals surface area (Å²) in [6, 6.07) is 11.6. The maximum absolute atomic E-state index is 10.2. The van der Waals surface area contributed by atoms with Crippen LogP contribution in [0.25, 0.3) is 16.8 Å². The number of hydrogen-bond donors (Lipinski definition) is 2. The number of benzene rings is 2. The number of phenolic OH excluding ortho intramolecular Hbond substituents is 1. The number of phenols is 1. The summed E-state index contributed by atoms with van der Waals surface area (Å²) in [6.45, 7) is 6.76. The molecule has 0 fully saturated rings. The maximum Gasteiger partial charge on any atom is 0.458 e. The number of aromatic hydroxyl groups is 1. The molecule has 2 aromatic rings. The van der Waals surface area contributed by atoms with Gasteiger partial charge in [0.05, 0.1) is 12.7 Å². The summed E-state index contributed by atoms with van der Waals surface area (Å²) in [6.07, 6.45) is 8.22. The van der Waals surface area contributed by atoms with Crippen LogP contribution in [-0.4, -0.2) is 37.1 Å². The van der Waals surface area contributed by atoms with Gasteiger partial charge >= 0.3 is 7.12 Å². The molecule has 0 aliphatic carbocycles. The summed E-state index contributed by atoms with van der Waals surface area (Å²) in [4.78, 5) is 0. The molecule has 0 spiro atoms. The Morgan fingerprint density at radius 3 is 2.73 bits per heavy atom. The van der Waals surface area contributed by atoms with Gasteiger partial charge in [0.15, 0.2) is 0 Å². The smallest absolute Gasteiger partial charge is 0.458 e. The molecule has 0 radical (unpaired) electrons. The molecule has 0 aromatic heterocycles. The lowest BCUT2D eigenvalue weighted by Gasteiger charge is -2.28. The molecule has 3 rings (SSSR count). The van der Waals surface area contributed by atoms with Crippen molar-refractivity contribution in [3.8, 4) is 5.75 Å². The van der Waals surface area contributed by atoms with E-state index in [1.165, 1.54) is 5.57 Å². The van der Waals surface area contributed by atoms with E-state index in [0.717, 1.165) is 53.2 Å². The average molecular weight is 406 g/mol. The van der Waals surface area contributed by atoms with Crippen molar-refractivity contribution in [2.24, 2.45) is 0 Å². The minimum absolute atomic E-state index is 0.187. The zero-order valence-corrected chi connectivity index (χ0v) is 17.9. The zero-order chi connectivity index (χ0) is 21.5. The van der Waals surface area contributed by atoms with Crippen molar-refractivity contribution in [1.82, 2.24) is 0 Å². The van der Waals surface area contributed by atoms with Crippen LogP contribution in [-0.2, 0) is 9.39 Å². The molecule has 0 saturated heterocycles. The first-order chi connectivity index (χ1) is 14.5. The molecule has 0 saturated carbocycles. The normalized spacial score (nSPS) is 17.3. The van der Waals surface area contributed by atoms with Gasteiger partial charge in [0.2, 0.25) is 0 Å². The molecule has 1 atom stereocenters. The van der Waals surface area contributed by atoms with Crippen molar-refractivity contribution in [2.45, 2.75) is 45.0 Å². The molecule has 30 heavy (non-hydrogen) atoms. The van der Waals surface area contributed by atoms with Crippen LogP contribution in [0.2, 0.25) is 6.32 Å². The Labute approximate surface area is 179 Å². The summed E-state index contributed by atoms with van der Waals surface area (Å²) >= 11 is 0. The van der Waals surface area contributed by atoms with Gasteiger partial charge in [-0.2, -0.15) is 0 Å². The van der Waals surface area contributed by atoms with Crippen molar-refractivity contribution in [3.05, 3.63) is 71.3 Å². The highest BCUT2D eigenvalue weighted by molar-refractivity contribution is 6.43. The second-order valence-corrected chi connectivity index (χ2v) is 7.82. The van der Waals surface area contributed by atoms with Gasteiger partial charge < -0.3 is 19.5 Å². The van der Waals surface area contributed by atoms with Crippen LogP contribution >= 0.6 is 0 Å². The number of fused-ring (bicyclic) bond motifs is 1. The summed E-state index contributed by atoms with van der Waals surface area (Å²) < 4.78 is 11.1. The predicted octanol–water partition coefficient (Wildman–Crippen LogP) is 5.52. The third-order valence-electron chi connectivity index (χ3n) is 5.53. The van der Waals surface area contributed by atoms with Crippen molar-refractivity contribution in [3.63, 3.8) is 0 Å². The van der Waals surface area contributed by atoms with E-state index < -0.39 is 7.12 Å². The van der Waals surface area contributed by atoms with Crippen LogP contribution in [0.5, 0.6) is 5.75 Å². The molecule has 5 heteroatoms. The van der Waals surface area contributed by atoms with Gasteiger partial charge in [0.1, 0.15) is 5.75 Å². The molecule has 1 aliphatic heterocycles. The molecule has 1 aliphatic rings. The molecule has 158 valence electrons. The van der Waals surface area contributed by atoms with Crippen molar-refractivity contribution < 1.29 is 19.5 Å². The van der Waals surface area contributed by atoms with E-state index >= 15 is 0 Å². The Kier molecular flexibility index (Phi) is 7.91. The molecule has 4 nitrogen and oxygen atoms in total. The second kappa shape index (κ2) is 10.6. The first kappa shape index (κ1) is 22.4. The first-order valence-corrected chi connectivity index (χ1v) is 10.6. The van der Waals surface area contributed by atoms with Gasteiger partial charge in [-0.1, -0.05) is 68.0 Å². The fourth-order valence-electron chi connectivity index (χ4n) is 4.09. The Morgan fingerprint density at radius 1 is 1.23 bits per heavy atom. The monoisotopic (exact) mass is 406 g/mol. The first-order valence-electron chi connectivity index (χ1n) is 10.6. The van der Waals surface area contributed by atoms with E-state index in [0.29, 0.717) is 18.7 Å². The van der Waals surface area contributed by atoms with E-state index in [1.54, 1.807) is 13.2 Å². The highest BCUT2D eigenvalue weighted by Gasteiger charge is 2.28. The molecular formula is C25H31BO4. The number of ether oxygens (including phenoxy) is 1. The minimum Gasteiger partial charge on any atom is -0.507 e. The van der Waals surface area contributed by atoms with Crippen LogP contribution in [0.3, 0.4) is 0 Å². The van der Waals surface area contributed by atoms with Crippen molar-refractivity contribution >= 4 is 24.0 Å². The fourth-order valence-corrected chi connectivity index (χ4v) is 4.09. The second-order valence-electron chi connectivity index (χ2n) is 7.82. The lowest BCUT2D eigenvalue weighted by Crippen LogP contribution is -2.32. The quantitative estimate of drug-likeness (QED) is 0.539. The highest BCUT2D eigenvalue weighted by Crippen LogP contribution is 2.32. The third-order valence-corrected chi connectivity index (χ3v) is 5.53. The van der Waals surface area contributed by atoms with E-state index in [-0.39, 0.29) is 6.10 Å². The molecule has 1 unspecified atom stereocenters. The van der Waals surface area contributed by atoms with Crippen LogP contribution in [0, 0.1) is 0 Å². The Morgan fingerprint density at radius 2 is 2.00 bits per heavy atom. The van der Waals surface area contributed by atoms with Gasteiger partial charge in [-0.15, -0.1) is 0 Å². The molecule has 2 N–H and O–H groups in total. The maximum atomic E-state index is 10.2. The Balaban J connectivity index is 1.82. The van der Waals surface area contributed by atoms with E-state index in [1.807, 2.05) is 36.4 Å². The summed E-state index contributed by atoms with van der Waals surface area (Å²) in [7, 11) is 0.886. The summed E-state index contributed by atoms with van der Waals surface area (Å²) in [5, 5.41) is 22.1. The zero-order valence-electron chi connectivity index (χ0n) is 17.9. The molecule has 1 heterocycles. The van der Waals surface area contributed by atoms with Gasteiger partial charge in [-0.3, -0.25) is 0 Å². The Bertz CT molecular complexity index is 947. The van der Waals surface area contributed by atoms with E-state index in [9.17, 15) is 10.1 Å². The Hall–Kier alpha value is -2.34. The van der Waals surface area contributed by atoms with Crippen LogP contribution in [0.4, 0.5) is 0 Å². The van der Waals surface area contributed by atoms with Gasteiger partial charge in [0, 0.05) is 18.8 Å². The SMILES string of the molecule is C=C(COC)C1=CCB(O)OC1CC/C(=C/c1ccc(O)c2ccccc12)CCC. The van der Waals surface area contributed by atoms with Crippen molar-refractivity contribution in [2.75, 3.05) is 13.7 Å². The molecular weight excluding hydrogens is 375 g/mol. The lowest BCUT2D eigenvalue weighted by molar-refractivity contribution is 0.176. The van der Waals surface area contributed by atoms with Gasteiger partial charge in [-0.05, 0) is 47.4 Å². The molecule has 2 aromatic carbocycles. The predicted molar refractivity (Wildman–Crippen MR) is 124 cm³/mol. The summed E-state index contributed by atoms with van der Waals surface area (Å²) in [5.74, 6) is 0.302. The minimum atomic E-state index is -0.770. The largest absolute Gasteiger partial charge is 0.507 e. The average Bonchev–Trinajstić information content (AvgIpc) is 2.74. The van der Waals surface area contributed by atoms with Gasteiger partial charge in [0.25, 0.3) is 0 Å². The third kappa shape index (κ3) is 5.42. The van der Waals surface area contributed by atoms with Crippen LogP contribution in [0.1, 0.15) is 38.2 Å². The fraction of sp³-hybridized carbons (Fsp3) is 0.360. The summed E-state index contributed by atoms with van der Waals surface area (Å²) in [5.41, 5.74) is 4.37. The highest BCUT2D eigenvalue weighted by atomic mass is 16.5. The van der Waals surface area contributed by atoms with Crippen molar-refractivity contribution in [1.29, 1.82) is 0 Å². The topological polar surface area (TPSA) is 58.9 Å². The standard InChI is InChI=1S/C25H31BO4/c1-4-7-19(16-20-11-12-24(27)23-9-6-5-8-22(20)23)10-13-25-21(18(2)17-29-3)14-15-26(28)30-25/h5-6,8-9,11-12,14,16,25,27-28H,2,4,7,10,13,15,17H2,1,3H3/b19-16+. The number of hydrogen-bond acceptors (Lipinski definition) is 4. The molecule has 0 bridgehead atoms. The van der Waals surface area contributed by atoms with Gasteiger partial charge in [-0.25, -0.2) is 0 Å².